The number of anilines is 1. The van der Waals surface area contributed by atoms with Gasteiger partial charge in [-0.1, -0.05) is 45.4 Å². The number of aromatic amines is 1. The molecule has 0 atom stereocenters. The van der Waals surface area contributed by atoms with Crippen LogP contribution in [0.15, 0.2) is 60.9 Å². The minimum absolute atomic E-state index is 0.0341. The third kappa shape index (κ3) is 10.1. The van der Waals surface area contributed by atoms with Crippen LogP contribution in [0.4, 0.5) is 5.69 Å². The third-order valence-corrected chi connectivity index (χ3v) is 6.99. The molecule has 0 aliphatic heterocycles. The maximum atomic E-state index is 12.5. The maximum Gasteiger partial charge on any atom is 0.338 e. The molecule has 0 aliphatic carbocycles. The van der Waals surface area contributed by atoms with Gasteiger partial charge in [-0.15, -0.1) is 5.10 Å². The predicted octanol–water partition coefficient (Wildman–Crippen LogP) is 6.93. The first-order valence-electron chi connectivity index (χ1n) is 14.8. The number of halogens is 1. The van der Waals surface area contributed by atoms with E-state index in [2.05, 4.69) is 47.8 Å². The summed E-state index contributed by atoms with van der Waals surface area (Å²) in [6, 6.07) is 13.8. The van der Waals surface area contributed by atoms with E-state index in [1.807, 2.05) is 18.2 Å². The summed E-state index contributed by atoms with van der Waals surface area (Å²) in [6.45, 7) is 12.6. The smallest absolute Gasteiger partial charge is 0.338 e. The quantitative estimate of drug-likeness (QED) is 0.0585. The van der Waals surface area contributed by atoms with Crippen molar-refractivity contribution in [1.82, 2.24) is 19.8 Å². The average molecular weight is 638 g/mol. The van der Waals surface area contributed by atoms with E-state index in [4.69, 9.17) is 30.5 Å². The zero-order valence-corrected chi connectivity index (χ0v) is 26.9. The number of ether oxygens (including phenoxy) is 4. The van der Waals surface area contributed by atoms with E-state index < -0.39 is 5.97 Å². The second-order valence-corrected chi connectivity index (χ2v) is 12.0. The Bertz CT molecular complexity index is 1570. The van der Waals surface area contributed by atoms with Crippen LogP contribution in [0.1, 0.15) is 69.4 Å². The molecular weight excluding hydrogens is 598 g/mol. The molecule has 0 bridgehead atoms. The summed E-state index contributed by atoms with van der Waals surface area (Å²) in [5.41, 5.74) is 3.47. The van der Waals surface area contributed by atoms with Crippen LogP contribution in [0.2, 0.25) is 5.02 Å². The van der Waals surface area contributed by atoms with Crippen LogP contribution in [0.25, 0.3) is 17.0 Å². The zero-order chi connectivity index (χ0) is 32.4. The highest BCUT2D eigenvalue weighted by Crippen LogP contribution is 2.27. The molecule has 0 aliphatic rings. The van der Waals surface area contributed by atoms with Crippen molar-refractivity contribution in [2.24, 2.45) is 0 Å². The van der Waals surface area contributed by atoms with Gasteiger partial charge in [-0.05, 0) is 68.7 Å². The largest absolute Gasteiger partial charge is 0.482 e. The number of aromatic nitrogens is 4. The predicted molar refractivity (Wildman–Crippen MR) is 173 cm³/mol. The number of amides is 1. The standard InChI is InChI=1S/C33H40ClN5O6/c1-22(2)45-21-42-16-8-6-7-9-17-43-32(41)24-12-15-27(26(34)18-24)44-20-30(40)35-25-13-10-23(11-14-25)31-36-29-19-28(33(3,4)5)37-39(29)38-31/h10-15,18-19,37H,1,6-9,16-17,20-21H2,2-5H3,(H,35,40). The Morgan fingerprint density at radius 1 is 1.00 bits per heavy atom. The monoisotopic (exact) mass is 637 g/mol. The normalized spacial score (nSPS) is 11.4. The fourth-order valence-corrected chi connectivity index (χ4v) is 4.41. The number of nitrogens with zero attached hydrogens (tertiary/aromatic N) is 3. The van der Waals surface area contributed by atoms with Gasteiger partial charge < -0.3 is 24.3 Å². The number of benzene rings is 2. The Morgan fingerprint density at radius 3 is 2.40 bits per heavy atom. The van der Waals surface area contributed by atoms with E-state index in [1.165, 1.54) is 6.07 Å². The van der Waals surface area contributed by atoms with E-state index in [0.717, 1.165) is 42.6 Å². The lowest BCUT2D eigenvalue weighted by molar-refractivity contribution is -0.118. The Labute approximate surface area is 267 Å². The molecule has 4 rings (SSSR count). The Morgan fingerprint density at radius 2 is 1.73 bits per heavy atom. The van der Waals surface area contributed by atoms with Gasteiger partial charge in [0.05, 0.1) is 29.6 Å². The Hall–Kier alpha value is -4.35. The maximum absolute atomic E-state index is 12.5. The van der Waals surface area contributed by atoms with E-state index in [-0.39, 0.29) is 35.5 Å². The number of rotatable bonds is 16. The number of carbonyl (C=O) groups is 2. The Balaban J connectivity index is 1.16. The Kier molecular flexibility index (Phi) is 11.6. The molecular formula is C33H40ClN5O6. The molecule has 0 saturated heterocycles. The molecule has 1 amide bonds. The van der Waals surface area contributed by atoms with Crippen LogP contribution in [-0.4, -0.2) is 58.3 Å². The number of esters is 1. The summed E-state index contributed by atoms with van der Waals surface area (Å²) in [7, 11) is 0. The SMILES string of the molecule is C=C(C)OCOCCCCCCOC(=O)c1ccc(OCC(=O)Nc2ccc(-c3nc4cc(C(C)(C)C)[nH]n4n3)cc2)c(Cl)c1. The number of fused-ring (bicyclic) bond motifs is 1. The molecule has 0 fully saturated rings. The summed E-state index contributed by atoms with van der Waals surface area (Å²) < 4.78 is 23.1. The fraction of sp³-hybridized carbons (Fsp3) is 0.394. The number of hydrogen-bond acceptors (Lipinski definition) is 8. The molecule has 0 spiro atoms. The first kappa shape index (κ1) is 33.5. The van der Waals surface area contributed by atoms with Gasteiger partial charge in [0.1, 0.15) is 5.75 Å². The molecule has 2 aromatic heterocycles. The number of carbonyl (C=O) groups excluding carboxylic acids is 2. The van der Waals surface area contributed by atoms with E-state index >= 15 is 0 Å². The highest BCUT2D eigenvalue weighted by atomic mass is 35.5. The molecule has 0 radical (unpaired) electrons. The van der Waals surface area contributed by atoms with Crippen molar-refractivity contribution in [3.05, 3.63) is 77.1 Å². The van der Waals surface area contributed by atoms with E-state index in [0.29, 0.717) is 36.0 Å². The average Bonchev–Trinajstić information content (AvgIpc) is 3.58. The first-order chi connectivity index (χ1) is 21.5. The van der Waals surface area contributed by atoms with Crippen LogP contribution in [-0.2, 0) is 24.4 Å². The van der Waals surface area contributed by atoms with Gasteiger partial charge >= 0.3 is 5.97 Å². The molecule has 2 heterocycles. The molecule has 11 nitrogen and oxygen atoms in total. The number of nitrogens with one attached hydrogen (secondary N) is 2. The van der Waals surface area contributed by atoms with Crippen molar-refractivity contribution in [3.63, 3.8) is 0 Å². The minimum Gasteiger partial charge on any atom is -0.482 e. The fourth-order valence-electron chi connectivity index (χ4n) is 4.18. The van der Waals surface area contributed by atoms with Crippen LogP contribution in [0, 0.1) is 0 Å². The first-order valence-corrected chi connectivity index (χ1v) is 15.2. The van der Waals surface area contributed by atoms with Crippen molar-refractivity contribution >= 4 is 34.8 Å². The van der Waals surface area contributed by atoms with Crippen LogP contribution < -0.4 is 10.1 Å². The van der Waals surface area contributed by atoms with Crippen LogP contribution >= 0.6 is 11.6 Å². The van der Waals surface area contributed by atoms with Gasteiger partial charge in [0.25, 0.3) is 5.91 Å². The number of H-pyrrole nitrogens is 1. The zero-order valence-electron chi connectivity index (χ0n) is 26.2. The summed E-state index contributed by atoms with van der Waals surface area (Å²) in [6.07, 6.45) is 3.52. The summed E-state index contributed by atoms with van der Waals surface area (Å²) in [5, 5.41) is 10.8. The van der Waals surface area contributed by atoms with Gasteiger partial charge in [-0.3, -0.25) is 9.89 Å². The topological polar surface area (TPSA) is 129 Å². The second kappa shape index (κ2) is 15.6. The highest BCUT2D eigenvalue weighted by Gasteiger charge is 2.19. The van der Waals surface area contributed by atoms with Gasteiger partial charge in [0.2, 0.25) is 0 Å². The lowest BCUT2D eigenvalue weighted by Crippen LogP contribution is -2.20. The van der Waals surface area contributed by atoms with Gasteiger partial charge in [-0.2, -0.15) is 4.63 Å². The lowest BCUT2D eigenvalue weighted by atomic mass is 9.93. The number of hydrogen-bond donors (Lipinski definition) is 2. The molecule has 45 heavy (non-hydrogen) atoms. The number of allylic oxidation sites excluding steroid dienone is 1. The highest BCUT2D eigenvalue weighted by molar-refractivity contribution is 6.32. The van der Waals surface area contributed by atoms with Gasteiger partial charge in [-0.25, -0.2) is 9.78 Å². The molecule has 4 aromatic rings. The van der Waals surface area contributed by atoms with Crippen molar-refractivity contribution in [1.29, 1.82) is 0 Å². The van der Waals surface area contributed by atoms with Crippen LogP contribution in [0.3, 0.4) is 0 Å². The molecule has 0 unspecified atom stereocenters. The van der Waals surface area contributed by atoms with Crippen molar-refractivity contribution in [2.45, 2.75) is 58.8 Å². The van der Waals surface area contributed by atoms with Crippen LogP contribution in [0.5, 0.6) is 5.75 Å². The lowest BCUT2D eigenvalue weighted by Gasteiger charge is -2.14. The van der Waals surface area contributed by atoms with Crippen molar-refractivity contribution in [3.8, 4) is 17.1 Å². The second-order valence-electron chi connectivity index (χ2n) is 11.6. The molecule has 2 N–H and O–H groups in total. The molecule has 0 saturated carbocycles. The molecule has 12 heteroatoms. The minimum atomic E-state index is -0.470. The summed E-state index contributed by atoms with van der Waals surface area (Å²) in [5.74, 6) is 0.651. The van der Waals surface area contributed by atoms with E-state index in [9.17, 15) is 9.59 Å². The molecule has 2 aromatic carbocycles. The van der Waals surface area contributed by atoms with Crippen molar-refractivity contribution in [2.75, 3.05) is 31.9 Å². The van der Waals surface area contributed by atoms with Crippen molar-refractivity contribution < 1.29 is 28.5 Å². The van der Waals surface area contributed by atoms with Gasteiger partial charge in [0.15, 0.2) is 24.9 Å². The summed E-state index contributed by atoms with van der Waals surface area (Å²) in [4.78, 5) is 29.5. The van der Waals surface area contributed by atoms with Gasteiger partial charge in [0, 0.05) is 28.4 Å². The third-order valence-electron chi connectivity index (χ3n) is 6.70. The molecule has 240 valence electrons. The summed E-state index contributed by atoms with van der Waals surface area (Å²) >= 11 is 6.31. The number of unbranched alkanes of at least 4 members (excludes halogenated alkanes) is 3. The van der Waals surface area contributed by atoms with E-state index in [1.54, 1.807) is 35.8 Å².